The molecule has 0 aromatic rings. The van der Waals surface area contributed by atoms with Crippen molar-refractivity contribution in [2.75, 3.05) is 0 Å². The maximum absolute atomic E-state index is 11.0. The second kappa shape index (κ2) is 3.94. The second-order valence-corrected chi connectivity index (χ2v) is 3.41. The smallest absolute Gasteiger partial charge is 0.434 e. The molecule has 0 bridgehead atoms. The van der Waals surface area contributed by atoms with Crippen LogP contribution in [0.25, 0.3) is 4.86 Å². The summed E-state index contributed by atoms with van der Waals surface area (Å²) >= 11 is 0. The Bertz CT molecular complexity index is 162. The first-order valence-electron chi connectivity index (χ1n) is 1.44. The number of halogens is 4. The van der Waals surface area contributed by atoms with Gasteiger partial charge in [0.1, 0.15) is 0 Å². The molecule has 0 fully saturated rings. The van der Waals surface area contributed by atoms with E-state index in [1.807, 2.05) is 0 Å². The zero-order chi connectivity index (χ0) is 7.71. The monoisotopic (exact) mass is 191 g/mol. The van der Waals surface area contributed by atoms with Crippen LogP contribution < -0.4 is 18.9 Å². The predicted octanol–water partition coefficient (Wildman–Crippen LogP) is 0.458. The molecule has 0 aromatic carbocycles. The van der Waals surface area contributed by atoms with Crippen molar-refractivity contribution in [3.8, 4) is 0 Å². The van der Waals surface area contributed by atoms with Gasteiger partial charge in [0.2, 0.25) is 0 Å². The number of nitrogens with zero attached hydrogens (tertiary/aromatic N) is 1. The van der Waals surface area contributed by atoms with E-state index in [0.29, 0.717) is 0 Å². The van der Waals surface area contributed by atoms with E-state index < -0.39 is 15.8 Å². The first-order chi connectivity index (χ1) is 3.71. The van der Waals surface area contributed by atoms with Crippen LogP contribution in [0.5, 0.6) is 0 Å². The molecular formula is F4LiNO2P2. The van der Waals surface area contributed by atoms with E-state index in [9.17, 15) is 16.8 Å². The molecule has 10 heavy (non-hydrogen) atoms. The standard InChI is InChI=1S/F4NO2P2.Li/c1-8(2,6)5-9(3,4)7;/q-1;+1. The summed E-state index contributed by atoms with van der Waals surface area (Å²) in [6.45, 7) is 0. The van der Waals surface area contributed by atoms with Crippen molar-refractivity contribution in [1.82, 2.24) is 0 Å². The van der Waals surface area contributed by atoms with Crippen LogP contribution in [0.4, 0.5) is 16.8 Å². The first kappa shape index (κ1) is 13.3. The van der Waals surface area contributed by atoms with E-state index in [1.54, 1.807) is 0 Å². The average molecular weight is 191 g/mol. The van der Waals surface area contributed by atoms with Crippen LogP contribution in [0, 0.1) is 0 Å². The predicted molar refractivity (Wildman–Crippen MR) is 23.0 cm³/mol. The second-order valence-electron chi connectivity index (χ2n) is 0.959. The van der Waals surface area contributed by atoms with Gasteiger partial charge >= 0.3 is 34.7 Å². The topological polar surface area (TPSA) is 48.2 Å². The van der Waals surface area contributed by atoms with Gasteiger partial charge in [-0.05, 0) is 0 Å². The van der Waals surface area contributed by atoms with E-state index in [2.05, 4.69) is 0 Å². The van der Waals surface area contributed by atoms with Gasteiger partial charge in [0.25, 0.3) is 0 Å². The van der Waals surface area contributed by atoms with Gasteiger partial charge in [0.05, 0.1) is 0 Å². The molecule has 0 amide bonds. The quantitative estimate of drug-likeness (QED) is 0.361. The van der Waals surface area contributed by atoms with E-state index in [1.165, 1.54) is 0 Å². The van der Waals surface area contributed by atoms with Crippen molar-refractivity contribution >= 4 is 15.8 Å². The summed E-state index contributed by atoms with van der Waals surface area (Å²) in [5.41, 5.74) is 0. The molecule has 0 radical (unpaired) electrons. The Balaban J connectivity index is 0. The Morgan fingerprint density at radius 2 is 1.10 bits per heavy atom. The first-order valence-corrected chi connectivity index (χ1v) is 4.32. The Labute approximate surface area is 66.1 Å². The van der Waals surface area contributed by atoms with Gasteiger partial charge in [-0.1, -0.05) is 0 Å². The zero-order valence-corrected chi connectivity index (χ0v) is 6.46. The summed E-state index contributed by atoms with van der Waals surface area (Å²) in [7, 11) is -12.4. The molecule has 0 spiro atoms. The minimum absolute atomic E-state index is 0. The zero-order valence-electron chi connectivity index (χ0n) is 4.67. The van der Waals surface area contributed by atoms with E-state index in [-0.39, 0.29) is 18.9 Å². The fourth-order valence-corrected chi connectivity index (χ4v) is 1.09. The van der Waals surface area contributed by atoms with E-state index in [0.717, 1.165) is 4.86 Å². The van der Waals surface area contributed by atoms with Crippen molar-refractivity contribution < 1.29 is 44.8 Å². The van der Waals surface area contributed by atoms with Crippen LogP contribution in [0.2, 0.25) is 0 Å². The van der Waals surface area contributed by atoms with E-state index >= 15 is 0 Å². The molecule has 0 aliphatic heterocycles. The largest absolute Gasteiger partial charge is 1.00 e. The van der Waals surface area contributed by atoms with Gasteiger partial charge in [-0.25, -0.2) is 0 Å². The van der Waals surface area contributed by atoms with Crippen molar-refractivity contribution in [3.63, 3.8) is 0 Å². The van der Waals surface area contributed by atoms with Crippen molar-refractivity contribution in [1.29, 1.82) is 0 Å². The van der Waals surface area contributed by atoms with Crippen LogP contribution in [0.15, 0.2) is 0 Å². The minimum Gasteiger partial charge on any atom is -0.434 e. The number of rotatable bonds is 2. The molecule has 0 N–H and O–H groups in total. The minimum atomic E-state index is -6.18. The Hall–Kier alpha value is 0.737. The Morgan fingerprint density at radius 1 is 0.900 bits per heavy atom. The van der Waals surface area contributed by atoms with Gasteiger partial charge < -0.3 is 4.86 Å². The Kier molecular flexibility index (Phi) is 5.25. The Morgan fingerprint density at radius 3 is 1.10 bits per heavy atom. The third-order valence-corrected chi connectivity index (χ3v) is 1.87. The molecule has 0 saturated carbocycles. The molecule has 0 aliphatic carbocycles. The fourth-order valence-electron chi connectivity index (χ4n) is 0.121. The maximum atomic E-state index is 11.0. The maximum Gasteiger partial charge on any atom is 1.00 e. The van der Waals surface area contributed by atoms with Gasteiger partial charge in [-0.15, -0.1) is 0 Å². The van der Waals surface area contributed by atoms with Crippen molar-refractivity contribution in [2.45, 2.75) is 0 Å². The SMILES string of the molecule is O=P(F)(F)[N-]P(=O)(F)F.[Li+]. The van der Waals surface area contributed by atoms with Crippen LogP contribution in [0.3, 0.4) is 0 Å². The molecule has 0 rings (SSSR count). The van der Waals surface area contributed by atoms with Gasteiger partial charge in [0.15, 0.2) is 0 Å². The average Bonchev–Trinajstić information content (AvgIpc) is 1.14. The van der Waals surface area contributed by atoms with E-state index in [4.69, 9.17) is 9.13 Å². The number of hydrogen-bond donors (Lipinski definition) is 0. The third kappa shape index (κ3) is 11.5. The molecule has 0 atom stereocenters. The molecule has 0 unspecified atom stereocenters. The van der Waals surface area contributed by atoms with Crippen LogP contribution in [0.1, 0.15) is 0 Å². The summed E-state index contributed by atoms with van der Waals surface area (Å²) in [4.78, 5) is 0.986. The molecule has 10 heteroatoms. The molecule has 0 heterocycles. The third-order valence-electron chi connectivity index (χ3n) is 0.208. The molecule has 56 valence electrons. The molecular weight excluding hydrogens is 191 g/mol. The molecule has 3 nitrogen and oxygen atoms in total. The summed E-state index contributed by atoms with van der Waals surface area (Å²) in [6.07, 6.45) is 0. The molecule has 0 aromatic heterocycles. The van der Waals surface area contributed by atoms with Crippen molar-refractivity contribution in [2.24, 2.45) is 0 Å². The normalized spacial score (nSPS) is 12.4. The van der Waals surface area contributed by atoms with Crippen LogP contribution in [-0.2, 0) is 9.13 Å². The van der Waals surface area contributed by atoms with Crippen molar-refractivity contribution in [3.05, 3.63) is 4.86 Å². The summed E-state index contributed by atoms with van der Waals surface area (Å²) < 4.78 is 62.0. The van der Waals surface area contributed by atoms with Crippen LogP contribution in [-0.4, -0.2) is 0 Å². The number of hydrogen-bond acceptors (Lipinski definition) is 2. The summed E-state index contributed by atoms with van der Waals surface area (Å²) in [5.74, 6) is 0. The van der Waals surface area contributed by atoms with Crippen LogP contribution >= 0.6 is 15.8 Å². The van der Waals surface area contributed by atoms with Gasteiger partial charge in [-0.2, -0.15) is 16.8 Å². The molecule has 0 aliphatic rings. The fraction of sp³-hybridized carbons (Fsp3) is 0. The van der Waals surface area contributed by atoms with Gasteiger partial charge in [0, 0.05) is 0 Å². The molecule has 0 saturated heterocycles. The summed E-state index contributed by atoms with van der Waals surface area (Å²) in [5, 5.41) is 0. The summed E-state index contributed by atoms with van der Waals surface area (Å²) in [6, 6.07) is 0. The van der Waals surface area contributed by atoms with Gasteiger partial charge in [-0.3, -0.25) is 9.13 Å².